The third kappa shape index (κ3) is 3.00. The third-order valence-corrected chi connectivity index (χ3v) is 4.43. The zero-order valence-electron chi connectivity index (χ0n) is 10.0. The van der Waals surface area contributed by atoms with Crippen molar-refractivity contribution in [2.45, 2.75) is 20.5 Å². The predicted octanol–water partition coefficient (Wildman–Crippen LogP) is 4.49. The van der Waals surface area contributed by atoms with Crippen LogP contribution in [0.2, 0.25) is 0 Å². The van der Waals surface area contributed by atoms with Crippen molar-refractivity contribution >= 4 is 22.6 Å². The zero-order valence-corrected chi connectivity index (χ0v) is 12.2. The fourth-order valence-corrected chi connectivity index (χ4v) is 2.14. The van der Waals surface area contributed by atoms with Crippen molar-refractivity contribution in [3.05, 3.63) is 62.7 Å². The van der Waals surface area contributed by atoms with Crippen molar-refractivity contribution < 1.29 is 4.74 Å². The normalized spacial score (nSPS) is 10.3. The van der Waals surface area contributed by atoms with Gasteiger partial charge >= 0.3 is 0 Å². The fourth-order valence-electron chi connectivity index (χ4n) is 1.69. The first-order valence-electron chi connectivity index (χ1n) is 5.61. The Morgan fingerprint density at radius 3 is 2.41 bits per heavy atom. The van der Waals surface area contributed by atoms with Crippen LogP contribution in [0.1, 0.15) is 16.7 Å². The summed E-state index contributed by atoms with van der Waals surface area (Å²) in [6.07, 6.45) is 0. The molecule has 0 radical (unpaired) electrons. The highest BCUT2D eigenvalue weighted by atomic mass is 127. The number of hydrogen-bond donors (Lipinski definition) is 0. The predicted molar refractivity (Wildman–Crippen MR) is 79.4 cm³/mol. The van der Waals surface area contributed by atoms with Crippen LogP contribution in [0.5, 0.6) is 5.75 Å². The molecule has 2 rings (SSSR count). The third-order valence-electron chi connectivity index (χ3n) is 2.77. The molecule has 1 nitrogen and oxygen atoms in total. The molecule has 0 aromatic heterocycles. The van der Waals surface area contributed by atoms with Gasteiger partial charge in [-0.25, -0.2) is 0 Å². The van der Waals surface area contributed by atoms with Crippen molar-refractivity contribution in [3.8, 4) is 5.75 Å². The Bertz CT molecular complexity index is 506. The Morgan fingerprint density at radius 2 is 1.71 bits per heavy atom. The van der Waals surface area contributed by atoms with Gasteiger partial charge in [-0.1, -0.05) is 36.4 Å². The lowest BCUT2D eigenvalue weighted by Gasteiger charge is -2.11. The second-order valence-corrected chi connectivity index (χ2v) is 5.17. The van der Waals surface area contributed by atoms with Gasteiger partial charge in [0.15, 0.2) is 0 Å². The number of benzene rings is 2. The van der Waals surface area contributed by atoms with Crippen LogP contribution >= 0.6 is 22.6 Å². The van der Waals surface area contributed by atoms with Gasteiger partial charge in [-0.05, 0) is 53.6 Å². The van der Waals surface area contributed by atoms with E-state index in [-0.39, 0.29) is 0 Å². The fraction of sp³-hybridized carbons (Fsp3) is 0.200. The summed E-state index contributed by atoms with van der Waals surface area (Å²) in [5.74, 6) is 0.976. The first-order valence-corrected chi connectivity index (χ1v) is 6.69. The summed E-state index contributed by atoms with van der Waals surface area (Å²) >= 11 is 2.37. The van der Waals surface area contributed by atoms with E-state index in [1.54, 1.807) is 0 Å². The van der Waals surface area contributed by atoms with Crippen LogP contribution in [0.25, 0.3) is 0 Å². The number of ether oxygens (including phenoxy) is 1. The summed E-state index contributed by atoms with van der Waals surface area (Å²) in [7, 11) is 0. The smallest absolute Gasteiger partial charge is 0.123 e. The molecule has 0 aliphatic carbocycles. The highest BCUT2D eigenvalue weighted by molar-refractivity contribution is 14.1. The monoisotopic (exact) mass is 338 g/mol. The van der Waals surface area contributed by atoms with Gasteiger partial charge in [0.25, 0.3) is 0 Å². The first kappa shape index (κ1) is 12.4. The minimum Gasteiger partial charge on any atom is -0.489 e. The molecule has 0 saturated heterocycles. The van der Waals surface area contributed by atoms with Crippen LogP contribution in [0.15, 0.2) is 42.5 Å². The van der Waals surface area contributed by atoms with E-state index in [1.165, 1.54) is 20.3 Å². The van der Waals surface area contributed by atoms with Crippen molar-refractivity contribution in [2.24, 2.45) is 0 Å². The summed E-state index contributed by atoms with van der Waals surface area (Å²) in [5, 5.41) is 0. The Labute approximate surface area is 116 Å². The molecule has 2 aromatic carbocycles. The zero-order chi connectivity index (χ0) is 12.3. The largest absolute Gasteiger partial charge is 0.489 e. The molecule has 0 bridgehead atoms. The molecule has 0 N–H and O–H groups in total. The van der Waals surface area contributed by atoms with Crippen LogP contribution in [-0.4, -0.2) is 0 Å². The van der Waals surface area contributed by atoms with Crippen molar-refractivity contribution in [1.82, 2.24) is 0 Å². The molecule has 0 atom stereocenters. The molecule has 0 fully saturated rings. The molecule has 0 heterocycles. The molecule has 0 unspecified atom stereocenters. The van der Waals surface area contributed by atoms with E-state index in [4.69, 9.17) is 4.74 Å². The maximum absolute atomic E-state index is 5.85. The minimum absolute atomic E-state index is 0.626. The van der Waals surface area contributed by atoms with E-state index in [1.807, 2.05) is 18.2 Å². The lowest BCUT2D eigenvalue weighted by molar-refractivity contribution is 0.304. The van der Waals surface area contributed by atoms with Crippen LogP contribution < -0.4 is 4.74 Å². The van der Waals surface area contributed by atoms with Crippen LogP contribution in [-0.2, 0) is 6.61 Å². The summed E-state index contributed by atoms with van der Waals surface area (Å²) in [5.41, 5.74) is 3.72. The van der Waals surface area contributed by atoms with Gasteiger partial charge in [-0.2, -0.15) is 0 Å². The molecule has 0 amide bonds. The van der Waals surface area contributed by atoms with Crippen molar-refractivity contribution in [1.29, 1.82) is 0 Å². The van der Waals surface area contributed by atoms with Gasteiger partial charge in [0, 0.05) is 9.13 Å². The summed E-state index contributed by atoms with van der Waals surface area (Å²) in [6.45, 7) is 4.85. The minimum atomic E-state index is 0.626. The Balaban J connectivity index is 2.13. The molecule has 0 aliphatic heterocycles. The van der Waals surface area contributed by atoms with E-state index in [0.29, 0.717) is 6.61 Å². The lowest BCUT2D eigenvalue weighted by atomic mass is 10.1. The summed E-state index contributed by atoms with van der Waals surface area (Å²) < 4.78 is 7.14. The molecule has 0 aliphatic rings. The van der Waals surface area contributed by atoms with Gasteiger partial charge in [0.1, 0.15) is 12.4 Å². The standard InChI is InChI=1S/C15H15IO/c1-11-8-9-14(12(2)15(11)16)17-10-13-6-4-3-5-7-13/h3-9H,10H2,1-2H3. The van der Waals surface area contributed by atoms with Crippen molar-refractivity contribution in [3.63, 3.8) is 0 Å². The Hall–Kier alpha value is -1.03. The van der Waals surface area contributed by atoms with E-state index in [9.17, 15) is 0 Å². The molecule has 0 spiro atoms. The maximum Gasteiger partial charge on any atom is 0.123 e. The molecular formula is C15H15IO. The molecule has 88 valence electrons. The van der Waals surface area contributed by atoms with Crippen LogP contribution in [0, 0.1) is 17.4 Å². The van der Waals surface area contributed by atoms with E-state index >= 15 is 0 Å². The number of rotatable bonds is 3. The Morgan fingerprint density at radius 1 is 1.00 bits per heavy atom. The second kappa shape index (κ2) is 5.54. The molecular weight excluding hydrogens is 323 g/mol. The molecule has 0 saturated carbocycles. The lowest BCUT2D eigenvalue weighted by Crippen LogP contribution is -1.98. The quantitative estimate of drug-likeness (QED) is 0.750. The number of hydrogen-bond acceptors (Lipinski definition) is 1. The molecule has 2 aromatic rings. The average molecular weight is 338 g/mol. The van der Waals surface area contributed by atoms with Gasteiger partial charge in [-0.15, -0.1) is 0 Å². The summed E-state index contributed by atoms with van der Waals surface area (Å²) in [4.78, 5) is 0. The van der Waals surface area contributed by atoms with Gasteiger partial charge in [0.05, 0.1) is 0 Å². The summed E-state index contributed by atoms with van der Waals surface area (Å²) in [6, 6.07) is 14.4. The maximum atomic E-state index is 5.85. The molecule has 17 heavy (non-hydrogen) atoms. The first-order chi connectivity index (χ1) is 8.18. The Kier molecular flexibility index (Phi) is 4.05. The van der Waals surface area contributed by atoms with E-state index < -0.39 is 0 Å². The van der Waals surface area contributed by atoms with E-state index in [2.05, 4.69) is 60.7 Å². The SMILES string of the molecule is Cc1ccc(OCc2ccccc2)c(C)c1I. The second-order valence-electron chi connectivity index (χ2n) is 4.09. The van der Waals surface area contributed by atoms with Gasteiger partial charge in [-0.3, -0.25) is 0 Å². The highest BCUT2D eigenvalue weighted by Gasteiger charge is 2.05. The number of aryl methyl sites for hydroxylation is 1. The van der Waals surface area contributed by atoms with Crippen molar-refractivity contribution in [2.75, 3.05) is 0 Å². The number of halogens is 1. The van der Waals surface area contributed by atoms with Gasteiger partial charge < -0.3 is 4.74 Å². The van der Waals surface area contributed by atoms with Gasteiger partial charge in [0.2, 0.25) is 0 Å². The van der Waals surface area contributed by atoms with Crippen LogP contribution in [0.3, 0.4) is 0 Å². The topological polar surface area (TPSA) is 9.23 Å². The van der Waals surface area contributed by atoms with E-state index in [0.717, 1.165) is 5.75 Å². The van der Waals surface area contributed by atoms with Crippen LogP contribution in [0.4, 0.5) is 0 Å². The average Bonchev–Trinajstić information content (AvgIpc) is 2.36. The molecule has 2 heteroatoms. The highest BCUT2D eigenvalue weighted by Crippen LogP contribution is 2.26.